The molecule has 1 heterocycles. The number of carbonyl (C=O) groups excluding carboxylic acids is 1. The molecule has 1 fully saturated rings. The first kappa shape index (κ1) is 15.2. The number of carbonyl (C=O) groups is 1. The predicted octanol–water partition coefficient (Wildman–Crippen LogP) is 2.40. The van der Waals surface area contributed by atoms with Gasteiger partial charge in [-0.25, -0.2) is 4.79 Å². The van der Waals surface area contributed by atoms with Crippen LogP contribution in [-0.4, -0.2) is 33.1 Å². The lowest BCUT2D eigenvalue weighted by Gasteiger charge is -2.18. The first-order valence-electron chi connectivity index (χ1n) is 6.35. The Labute approximate surface area is 127 Å². The molecule has 21 heavy (non-hydrogen) atoms. The van der Waals surface area contributed by atoms with Crippen molar-refractivity contribution >= 4 is 34.7 Å². The van der Waals surface area contributed by atoms with Crippen molar-refractivity contribution in [2.45, 2.75) is 26.3 Å². The van der Waals surface area contributed by atoms with Gasteiger partial charge in [0.25, 0.3) is 5.69 Å². The van der Waals surface area contributed by atoms with Gasteiger partial charge in [-0.2, -0.15) is 0 Å². The van der Waals surface area contributed by atoms with E-state index >= 15 is 0 Å². The standard InChI is InChI=1S/C13H16N4O3S/c1-8-4-5-9(17(19)20)6-10(8)14-11(18)16-7-13(2,3)15-12(16)21/h4-6H,7H2,1-3H3,(H,14,18)(H,15,21). The van der Waals surface area contributed by atoms with Gasteiger partial charge >= 0.3 is 6.03 Å². The zero-order valence-corrected chi connectivity index (χ0v) is 12.8. The molecule has 0 bridgehead atoms. The average Bonchev–Trinajstić information content (AvgIpc) is 2.65. The van der Waals surface area contributed by atoms with Gasteiger partial charge in [0, 0.05) is 12.1 Å². The second-order valence-corrected chi connectivity index (χ2v) is 5.97. The monoisotopic (exact) mass is 308 g/mol. The first-order chi connectivity index (χ1) is 9.69. The molecule has 8 heteroatoms. The highest BCUT2D eigenvalue weighted by Gasteiger charge is 2.35. The molecule has 0 spiro atoms. The van der Waals surface area contributed by atoms with E-state index in [2.05, 4.69) is 10.6 Å². The SMILES string of the molecule is Cc1ccc([N+](=O)[O-])cc1NC(=O)N1CC(C)(C)NC1=S. The van der Waals surface area contributed by atoms with Crippen LogP contribution in [-0.2, 0) is 0 Å². The van der Waals surface area contributed by atoms with Gasteiger partial charge in [0.05, 0.1) is 22.7 Å². The van der Waals surface area contributed by atoms with Crippen molar-refractivity contribution in [3.8, 4) is 0 Å². The summed E-state index contributed by atoms with van der Waals surface area (Å²) in [6.07, 6.45) is 0. The highest BCUT2D eigenvalue weighted by molar-refractivity contribution is 7.80. The molecule has 1 aliphatic heterocycles. The van der Waals surface area contributed by atoms with E-state index in [1.165, 1.54) is 17.0 Å². The lowest BCUT2D eigenvalue weighted by Crippen LogP contribution is -2.37. The van der Waals surface area contributed by atoms with Crippen molar-refractivity contribution in [3.05, 3.63) is 33.9 Å². The number of hydrogen-bond acceptors (Lipinski definition) is 4. The third-order valence-electron chi connectivity index (χ3n) is 3.16. The number of hydrogen-bond donors (Lipinski definition) is 2. The van der Waals surface area contributed by atoms with Gasteiger partial charge in [-0.1, -0.05) is 6.07 Å². The second kappa shape index (κ2) is 5.28. The molecule has 0 radical (unpaired) electrons. The van der Waals surface area contributed by atoms with Crippen LogP contribution in [0.1, 0.15) is 19.4 Å². The number of rotatable bonds is 2. The summed E-state index contributed by atoms with van der Waals surface area (Å²) in [6.45, 7) is 6.08. The van der Waals surface area contributed by atoms with Crippen molar-refractivity contribution in [2.75, 3.05) is 11.9 Å². The number of aryl methyl sites for hydroxylation is 1. The normalized spacial score (nSPS) is 16.5. The Balaban J connectivity index is 2.19. The summed E-state index contributed by atoms with van der Waals surface area (Å²) in [6, 6.07) is 3.93. The zero-order valence-electron chi connectivity index (χ0n) is 12.0. The van der Waals surface area contributed by atoms with Gasteiger partial charge < -0.3 is 10.6 Å². The number of nitro groups is 1. The third kappa shape index (κ3) is 3.27. The van der Waals surface area contributed by atoms with Crippen LogP contribution >= 0.6 is 12.2 Å². The molecular weight excluding hydrogens is 292 g/mol. The van der Waals surface area contributed by atoms with Crippen molar-refractivity contribution in [1.82, 2.24) is 10.2 Å². The molecule has 0 aromatic heterocycles. The molecular formula is C13H16N4O3S. The predicted molar refractivity (Wildman–Crippen MR) is 83.4 cm³/mol. The smallest absolute Gasteiger partial charge is 0.328 e. The molecule has 7 nitrogen and oxygen atoms in total. The van der Waals surface area contributed by atoms with E-state index in [0.29, 0.717) is 17.3 Å². The fourth-order valence-electron chi connectivity index (χ4n) is 2.07. The van der Waals surface area contributed by atoms with Crippen molar-refractivity contribution in [2.24, 2.45) is 0 Å². The van der Waals surface area contributed by atoms with Crippen molar-refractivity contribution in [1.29, 1.82) is 0 Å². The number of urea groups is 1. The molecule has 0 saturated carbocycles. The van der Waals surface area contributed by atoms with Crippen LogP contribution in [0.5, 0.6) is 0 Å². The van der Waals surface area contributed by atoms with Gasteiger partial charge in [-0.3, -0.25) is 15.0 Å². The van der Waals surface area contributed by atoms with E-state index in [1.807, 2.05) is 13.8 Å². The third-order valence-corrected chi connectivity index (χ3v) is 3.49. The number of nitro benzene ring substituents is 1. The lowest BCUT2D eigenvalue weighted by molar-refractivity contribution is -0.384. The van der Waals surface area contributed by atoms with Gasteiger partial charge in [-0.05, 0) is 38.6 Å². The number of non-ortho nitro benzene ring substituents is 1. The number of nitrogens with one attached hydrogen (secondary N) is 2. The number of amides is 2. The maximum absolute atomic E-state index is 12.3. The minimum absolute atomic E-state index is 0.0710. The Kier molecular flexibility index (Phi) is 3.82. The Bertz CT molecular complexity index is 630. The second-order valence-electron chi connectivity index (χ2n) is 5.59. The molecule has 1 aromatic rings. The molecule has 0 atom stereocenters. The minimum Gasteiger partial charge on any atom is -0.355 e. The summed E-state index contributed by atoms with van der Waals surface area (Å²) in [4.78, 5) is 24.0. The first-order valence-corrected chi connectivity index (χ1v) is 6.76. The zero-order chi connectivity index (χ0) is 15.8. The molecule has 1 aliphatic rings. The summed E-state index contributed by atoms with van der Waals surface area (Å²) >= 11 is 5.13. The summed E-state index contributed by atoms with van der Waals surface area (Å²) in [5.41, 5.74) is 0.790. The van der Waals surface area contributed by atoms with Crippen LogP contribution in [0.25, 0.3) is 0 Å². The number of anilines is 1. The fraction of sp³-hybridized carbons (Fsp3) is 0.385. The Morgan fingerprint density at radius 1 is 1.52 bits per heavy atom. The summed E-state index contributed by atoms with van der Waals surface area (Å²) in [7, 11) is 0. The lowest BCUT2D eigenvalue weighted by atomic mass is 10.1. The van der Waals surface area contributed by atoms with Crippen LogP contribution in [0, 0.1) is 17.0 Å². The van der Waals surface area contributed by atoms with Crippen molar-refractivity contribution in [3.63, 3.8) is 0 Å². The maximum atomic E-state index is 12.3. The number of nitrogens with zero attached hydrogens (tertiary/aromatic N) is 2. The maximum Gasteiger partial charge on any atom is 0.328 e. The topological polar surface area (TPSA) is 87.5 Å². The highest BCUT2D eigenvalue weighted by atomic mass is 32.1. The van der Waals surface area contributed by atoms with Gasteiger partial charge in [0.15, 0.2) is 5.11 Å². The Morgan fingerprint density at radius 3 is 2.71 bits per heavy atom. The molecule has 1 saturated heterocycles. The summed E-state index contributed by atoms with van der Waals surface area (Å²) < 4.78 is 0. The molecule has 2 amide bonds. The van der Waals surface area contributed by atoms with E-state index in [0.717, 1.165) is 5.56 Å². The Hall–Kier alpha value is -2.22. The number of thiocarbonyl (C=S) groups is 1. The van der Waals surface area contributed by atoms with Gasteiger partial charge in [0.1, 0.15) is 0 Å². The van der Waals surface area contributed by atoms with E-state index < -0.39 is 11.0 Å². The molecule has 2 rings (SSSR count). The van der Waals surface area contributed by atoms with Crippen molar-refractivity contribution < 1.29 is 9.72 Å². The highest BCUT2D eigenvalue weighted by Crippen LogP contribution is 2.23. The van der Waals surface area contributed by atoms with Gasteiger partial charge in [0.2, 0.25) is 0 Å². The average molecular weight is 308 g/mol. The Morgan fingerprint density at radius 2 is 2.19 bits per heavy atom. The van der Waals surface area contributed by atoms with Gasteiger partial charge in [-0.15, -0.1) is 0 Å². The van der Waals surface area contributed by atoms with E-state index in [9.17, 15) is 14.9 Å². The van der Waals surface area contributed by atoms with E-state index in [4.69, 9.17) is 12.2 Å². The quantitative estimate of drug-likeness (QED) is 0.497. The molecule has 112 valence electrons. The molecule has 1 aromatic carbocycles. The van der Waals surface area contributed by atoms with Crippen LogP contribution in [0.4, 0.5) is 16.2 Å². The number of benzene rings is 1. The van der Waals surface area contributed by atoms with Crippen LogP contribution < -0.4 is 10.6 Å². The molecule has 0 unspecified atom stereocenters. The fourth-order valence-corrected chi connectivity index (χ4v) is 2.49. The molecule has 0 aliphatic carbocycles. The molecule has 2 N–H and O–H groups in total. The minimum atomic E-state index is -0.500. The summed E-state index contributed by atoms with van der Waals surface area (Å²) in [5.74, 6) is 0. The largest absolute Gasteiger partial charge is 0.355 e. The van der Waals surface area contributed by atoms with E-state index in [-0.39, 0.29) is 11.2 Å². The van der Waals surface area contributed by atoms with Crippen LogP contribution in [0.15, 0.2) is 18.2 Å². The van der Waals surface area contributed by atoms with Crippen LogP contribution in [0.3, 0.4) is 0 Å². The van der Waals surface area contributed by atoms with Crippen LogP contribution in [0.2, 0.25) is 0 Å². The van der Waals surface area contributed by atoms with E-state index in [1.54, 1.807) is 13.0 Å². The summed E-state index contributed by atoms with van der Waals surface area (Å²) in [5, 5.41) is 16.9.